The van der Waals surface area contributed by atoms with Gasteiger partial charge in [-0.15, -0.1) is 5.10 Å². The lowest BCUT2D eigenvalue weighted by atomic mass is 10.1. The molecule has 0 N–H and O–H groups in total. The van der Waals surface area contributed by atoms with Crippen LogP contribution >= 0.6 is 11.8 Å². The molecular formula is C16H13F3N4S. The van der Waals surface area contributed by atoms with E-state index in [1.165, 1.54) is 23.9 Å². The van der Waals surface area contributed by atoms with Gasteiger partial charge in [-0.3, -0.25) is 0 Å². The van der Waals surface area contributed by atoms with Crippen molar-refractivity contribution < 1.29 is 13.2 Å². The molecule has 3 rings (SSSR count). The van der Waals surface area contributed by atoms with Gasteiger partial charge in [0.25, 0.3) is 0 Å². The topological polar surface area (TPSA) is 43.6 Å². The number of alkyl halides is 3. The van der Waals surface area contributed by atoms with E-state index in [2.05, 4.69) is 15.5 Å². The van der Waals surface area contributed by atoms with Gasteiger partial charge in [0.1, 0.15) is 0 Å². The van der Waals surface area contributed by atoms with Crippen LogP contribution in [0.25, 0.3) is 5.69 Å². The van der Waals surface area contributed by atoms with E-state index >= 15 is 0 Å². The number of aromatic nitrogens is 4. The van der Waals surface area contributed by atoms with Crippen LogP contribution in [-0.4, -0.2) is 20.2 Å². The second-order valence-electron chi connectivity index (χ2n) is 5.09. The Morgan fingerprint density at radius 3 is 2.29 bits per heavy atom. The van der Waals surface area contributed by atoms with E-state index in [1.807, 2.05) is 37.3 Å². The van der Waals surface area contributed by atoms with Gasteiger partial charge in [-0.05, 0) is 47.2 Å². The third-order valence-corrected chi connectivity index (χ3v) is 4.52. The summed E-state index contributed by atoms with van der Waals surface area (Å²) in [4.78, 5) is 0. The molecule has 1 heterocycles. The number of para-hydroxylation sites is 1. The van der Waals surface area contributed by atoms with Gasteiger partial charge in [-0.1, -0.05) is 42.1 Å². The maximum Gasteiger partial charge on any atom is 0.416 e. The minimum absolute atomic E-state index is 0.0965. The summed E-state index contributed by atoms with van der Waals surface area (Å²) in [6, 6.07) is 14.6. The van der Waals surface area contributed by atoms with Crippen molar-refractivity contribution in [2.75, 3.05) is 0 Å². The molecule has 1 unspecified atom stereocenters. The Labute approximate surface area is 140 Å². The first-order valence-electron chi connectivity index (χ1n) is 7.13. The first kappa shape index (κ1) is 16.5. The van der Waals surface area contributed by atoms with Gasteiger partial charge in [0.15, 0.2) is 0 Å². The van der Waals surface area contributed by atoms with Crippen molar-refractivity contribution in [2.45, 2.75) is 23.5 Å². The van der Waals surface area contributed by atoms with Crippen molar-refractivity contribution in [2.24, 2.45) is 0 Å². The average Bonchev–Trinajstić information content (AvgIpc) is 3.03. The predicted octanol–water partition coefficient (Wildman–Crippen LogP) is 4.53. The summed E-state index contributed by atoms with van der Waals surface area (Å²) in [5.74, 6) is 0. The maximum atomic E-state index is 12.6. The maximum absolute atomic E-state index is 12.6. The highest BCUT2D eigenvalue weighted by molar-refractivity contribution is 7.99. The normalized spacial score (nSPS) is 13.0. The molecule has 0 aliphatic heterocycles. The van der Waals surface area contributed by atoms with Crippen molar-refractivity contribution in [1.29, 1.82) is 0 Å². The van der Waals surface area contributed by atoms with E-state index in [4.69, 9.17) is 0 Å². The number of hydrogen-bond acceptors (Lipinski definition) is 4. The molecule has 0 aliphatic rings. The van der Waals surface area contributed by atoms with Gasteiger partial charge in [-0.25, -0.2) is 0 Å². The summed E-state index contributed by atoms with van der Waals surface area (Å²) in [6.07, 6.45) is -4.33. The van der Waals surface area contributed by atoms with Crippen LogP contribution in [-0.2, 0) is 6.18 Å². The fraction of sp³-hybridized carbons (Fsp3) is 0.188. The van der Waals surface area contributed by atoms with Gasteiger partial charge >= 0.3 is 6.18 Å². The monoisotopic (exact) mass is 350 g/mol. The molecular weight excluding hydrogens is 337 g/mol. The quantitative estimate of drug-likeness (QED) is 0.648. The van der Waals surface area contributed by atoms with Crippen LogP contribution < -0.4 is 0 Å². The molecule has 4 nitrogen and oxygen atoms in total. The number of benzene rings is 2. The zero-order valence-electron chi connectivity index (χ0n) is 12.6. The van der Waals surface area contributed by atoms with Crippen LogP contribution in [0.5, 0.6) is 0 Å². The van der Waals surface area contributed by atoms with Crippen LogP contribution in [0, 0.1) is 0 Å². The van der Waals surface area contributed by atoms with Crippen molar-refractivity contribution in [3.63, 3.8) is 0 Å². The molecule has 8 heteroatoms. The Morgan fingerprint density at radius 1 is 1.00 bits per heavy atom. The van der Waals surface area contributed by atoms with Crippen molar-refractivity contribution in [3.8, 4) is 5.69 Å². The molecule has 0 bridgehead atoms. The standard InChI is InChI=1S/C16H13F3N4S/c1-11(12-7-9-13(10-8-12)16(17,18)19)24-15-20-21-22-23(15)14-5-3-2-4-6-14/h2-11H,1H3. The molecule has 0 aliphatic carbocycles. The molecule has 0 spiro atoms. The minimum atomic E-state index is -4.33. The lowest BCUT2D eigenvalue weighted by Crippen LogP contribution is -2.05. The van der Waals surface area contributed by atoms with Crippen LogP contribution in [0.15, 0.2) is 59.8 Å². The third kappa shape index (κ3) is 3.59. The molecule has 0 radical (unpaired) electrons. The van der Waals surface area contributed by atoms with Gasteiger partial charge in [0.05, 0.1) is 11.3 Å². The van der Waals surface area contributed by atoms with E-state index in [0.717, 1.165) is 23.4 Å². The molecule has 24 heavy (non-hydrogen) atoms. The van der Waals surface area contributed by atoms with Crippen molar-refractivity contribution >= 4 is 11.8 Å². The summed E-state index contributed by atoms with van der Waals surface area (Å²) >= 11 is 1.38. The molecule has 2 aromatic carbocycles. The van der Waals surface area contributed by atoms with E-state index in [9.17, 15) is 13.2 Å². The Balaban J connectivity index is 1.79. The smallest absolute Gasteiger partial charge is 0.187 e. The number of nitrogens with zero attached hydrogens (tertiary/aromatic N) is 4. The first-order valence-corrected chi connectivity index (χ1v) is 8.01. The molecule has 0 saturated heterocycles. The van der Waals surface area contributed by atoms with Crippen LogP contribution in [0.3, 0.4) is 0 Å². The fourth-order valence-electron chi connectivity index (χ4n) is 2.15. The molecule has 1 atom stereocenters. The van der Waals surface area contributed by atoms with Crippen LogP contribution in [0.2, 0.25) is 0 Å². The Morgan fingerprint density at radius 2 is 1.67 bits per heavy atom. The molecule has 124 valence electrons. The molecule has 0 fully saturated rings. The number of halogens is 3. The van der Waals surface area contributed by atoms with Crippen LogP contribution in [0.1, 0.15) is 23.3 Å². The van der Waals surface area contributed by atoms with Crippen molar-refractivity contribution in [3.05, 3.63) is 65.7 Å². The zero-order valence-corrected chi connectivity index (χ0v) is 13.4. The average molecular weight is 350 g/mol. The number of rotatable bonds is 4. The zero-order chi connectivity index (χ0) is 17.2. The molecule has 0 saturated carbocycles. The molecule has 0 amide bonds. The SMILES string of the molecule is CC(Sc1nnnn1-c1ccccc1)c1ccc(C(F)(F)F)cc1. The van der Waals surface area contributed by atoms with Gasteiger partial charge < -0.3 is 0 Å². The van der Waals surface area contributed by atoms with E-state index in [0.29, 0.717) is 5.16 Å². The number of thioether (sulfide) groups is 1. The van der Waals surface area contributed by atoms with E-state index in [1.54, 1.807) is 4.68 Å². The highest BCUT2D eigenvalue weighted by Crippen LogP contribution is 2.36. The van der Waals surface area contributed by atoms with Gasteiger partial charge in [0, 0.05) is 5.25 Å². The Bertz CT molecular complexity index is 800. The highest BCUT2D eigenvalue weighted by Gasteiger charge is 2.30. The number of hydrogen-bond donors (Lipinski definition) is 0. The summed E-state index contributed by atoms with van der Waals surface area (Å²) < 4.78 is 39.5. The number of tetrazole rings is 1. The minimum Gasteiger partial charge on any atom is -0.187 e. The van der Waals surface area contributed by atoms with Gasteiger partial charge in [-0.2, -0.15) is 17.9 Å². The van der Waals surface area contributed by atoms with E-state index in [-0.39, 0.29) is 5.25 Å². The fourth-order valence-corrected chi connectivity index (χ4v) is 3.09. The first-order chi connectivity index (χ1) is 11.4. The van der Waals surface area contributed by atoms with E-state index < -0.39 is 11.7 Å². The molecule has 3 aromatic rings. The van der Waals surface area contributed by atoms with Crippen LogP contribution in [0.4, 0.5) is 13.2 Å². The Hall–Kier alpha value is -2.35. The Kier molecular flexibility index (Phi) is 4.57. The second kappa shape index (κ2) is 6.64. The summed E-state index contributed by atoms with van der Waals surface area (Å²) in [6.45, 7) is 1.90. The summed E-state index contributed by atoms with van der Waals surface area (Å²) in [5, 5.41) is 12.1. The second-order valence-corrected chi connectivity index (χ2v) is 6.40. The van der Waals surface area contributed by atoms with Crippen molar-refractivity contribution in [1.82, 2.24) is 20.2 Å². The lowest BCUT2D eigenvalue weighted by molar-refractivity contribution is -0.137. The largest absolute Gasteiger partial charge is 0.416 e. The lowest BCUT2D eigenvalue weighted by Gasteiger charge is -2.13. The highest BCUT2D eigenvalue weighted by atomic mass is 32.2. The predicted molar refractivity (Wildman–Crippen MR) is 84.9 cm³/mol. The summed E-state index contributed by atoms with van der Waals surface area (Å²) in [7, 11) is 0. The summed E-state index contributed by atoms with van der Waals surface area (Å²) in [5.41, 5.74) is 0.942. The van der Waals surface area contributed by atoms with Gasteiger partial charge in [0.2, 0.25) is 5.16 Å². The molecule has 1 aromatic heterocycles. The third-order valence-electron chi connectivity index (χ3n) is 3.43.